The minimum Gasteiger partial charge on any atom is -0.501 e. The summed E-state index contributed by atoms with van der Waals surface area (Å²) < 4.78 is 4.97. The van der Waals surface area contributed by atoms with E-state index in [2.05, 4.69) is 13.5 Å². The second-order valence-corrected chi connectivity index (χ2v) is 1.44. The van der Waals surface area contributed by atoms with Gasteiger partial charge in [0.05, 0.1) is 12.9 Å². The molecule has 0 rings (SSSR count). The lowest BCUT2D eigenvalue weighted by molar-refractivity contribution is 0.250. The monoisotopic (exact) mass is 112 g/mol. The topological polar surface area (TPSA) is 9.23 Å². The van der Waals surface area contributed by atoms with E-state index in [0.29, 0.717) is 0 Å². The van der Waals surface area contributed by atoms with Crippen molar-refractivity contribution < 1.29 is 4.74 Å². The van der Waals surface area contributed by atoms with Crippen LogP contribution in [0.5, 0.6) is 0 Å². The highest BCUT2D eigenvalue weighted by Crippen LogP contribution is 1.80. The van der Waals surface area contributed by atoms with Crippen LogP contribution in [0.1, 0.15) is 13.3 Å². The van der Waals surface area contributed by atoms with E-state index in [4.69, 9.17) is 4.74 Å². The molecule has 0 aliphatic heterocycles. The van der Waals surface area contributed by atoms with Crippen LogP contribution in [-0.2, 0) is 4.74 Å². The smallest absolute Gasteiger partial charge is 0.0870 e. The highest BCUT2D eigenvalue weighted by Gasteiger charge is 1.71. The molecule has 0 amide bonds. The first kappa shape index (κ1) is 7.28. The Morgan fingerprint density at radius 1 is 1.62 bits per heavy atom. The molecule has 1 nitrogen and oxygen atoms in total. The molecule has 0 unspecified atom stereocenters. The minimum atomic E-state index is 0.796. The molecular formula is C7H12O. The Bertz CT molecular complexity index is 74.5. The van der Waals surface area contributed by atoms with Gasteiger partial charge in [0.15, 0.2) is 0 Å². The van der Waals surface area contributed by atoms with E-state index in [1.54, 1.807) is 18.4 Å². The molecule has 0 radical (unpaired) electrons. The van der Waals surface area contributed by atoms with Crippen molar-refractivity contribution in [2.75, 3.05) is 6.61 Å². The van der Waals surface area contributed by atoms with Crippen LogP contribution in [0.25, 0.3) is 0 Å². The van der Waals surface area contributed by atoms with E-state index >= 15 is 0 Å². The molecular weight excluding hydrogens is 100 g/mol. The van der Waals surface area contributed by atoms with Crippen LogP contribution in [0.15, 0.2) is 25.0 Å². The zero-order valence-corrected chi connectivity index (χ0v) is 5.26. The predicted molar refractivity (Wildman–Crippen MR) is 35.6 cm³/mol. The molecule has 0 spiro atoms. The average molecular weight is 112 g/mol. The van der Waals surface area contributed by atoms with Crippen LogP contribution in [0, 0.1) is 0 Å². The van der Waals surface area contributed by atoms with E-state index in [-0.39, 0.29) is 0 Å². The first-order valence-electron chi connectivity index (χ1n) is 2.81. The standard InChI is InChI=1S/C7H12O/c1-3-5-7-8-6-4-2/h3,5,7H,1,4,6H2,2H3. The lowest BCUT2D eigenvalue weighted by Crippen LogP contribution is -1.80. The summed E-state index contributed by atoms with van der Waals surface area (Å²) in [5, 5.41) is 0. The molecule has 0 aromatic heterocycles. The summed E-state index contributed by atoms with van der Waals surface area (Å²) in [6.45, 7) is 6.36. The molecule has 0 aliphatic rings. The second kappa shape index (κ2) is 6.28. The number of hydrogen-bond acceptors (Lipinski definition) is 1. The van der Waals surface area contributed by atoms with Crippen LogP contribution < -0.4 is 0 Å². The van der Waals surface area contributed by atoms with Crippen molar-refractivity contribution in [1.29, 1.82) is 0 Å². The van der Waals surface area contributed by atoms with Gasteiger partial charge in [0.25, 0.3) is 0 Å². The molecule has 1 heteroatoms. The Kier molecular flexibility index (Phi) is 5.71. The maximum absolute atomic E-state index is 4.97. The normalized spacial score (nSPS) is 9.62. The van der Waals surface area contributed by atoms with Crippen molar-refractivity contribution in [3.05, 3.63) is 25.0 Å². The van der Waals surface area contributed by atoms with Crippen LogP contribution >= 0.6 is 0 Å². The van der Waals surface area contributed by atoms with E-state index in [9.17, 15) is 0 Å². The summed E-state index contributed by atoms with van der Waals surface area (Å²) >= 11 is 0. The lowest BCUT2D eigenvalue weighted by atomic mass is 10.5. The molecule has 8 heavy (non-hydrogen) atoms. The van der Waals surface area contributed by atoms with Gasteiger partial charge in [-0.2, -0.15) is 0 Å². The number of ether oxygens (including phenoxy) is 1. The zero-order valence-electron chi connectivity index (χ0n) is 5.26. The van der Waals surface area contributed by atoms with Gasteiger partial charge in [-0.3, -0.25) is 0 Å². The van der Waals surface area contributed by atoms with Crippen molar-refractivity contribution in [3.8, 4) is 0 Å². The van der Waals surface area contributed by atoms with Gasteiger partial charge in [0.2, 0.25) is 0 Å². The molecule has 0 saturated heterocycles. The van der Waals surface area contributed by atoms with E-state index < -0.39 is 0 Å². The van der Waals surface area contributed by atoms with E-state index in [1.807, 2.05) is 0 Å². The second-order valence-electron chi connectivity index (χ2n) is 1.44. The van der Waals surface area contributed by atoms with Crippen molar-refractivity contribution in [2.45, 2.75) is 13.3 Å². The Balaban J connectivity index is 2.91. The fourth-order valence-electron chi connectivity index (χ4n) is 0.297. The van der Waals surface area contributed by atoms with Gasteiger partial charge in [-0.05, 0) is 12.5 Å². The van der Waals surface area contributed by atoms with Crippen molar-refractivity contribution >= 4 is 0 Å². The summed E-state index contributed by atoms with van der Waals surface area (Å²) in [6, 6.07) is 0. The third-order valence-corrected chi connectivity index (χ3v) is 0.633. The Morgan fingerprint density at radius 3 is 2.88 bits per heavy atom. The highest BCUT2D eigenvalue weighted by molar-refractivity contribution is 4.92. The van der Waals surface area contributed by atoms with Crippen LogP contribution in [0.4, 0.5) is 0 Å². The Hall–Kier alpha value is -0.720. The van der Waals surface area contributed by atoms with E-state index in [0.717, 1.165) is 13.0 Å². The number of allylic oxidation sites excluding steroid dienone is 2. The zero-order chi connectivity index (χ0) is 6.24. The SMILES string of the molecule is C=CC=COCCC. The molecule has 0 heterocycles. The molecule has 0 aliphatic carbocycles. The largest absolute Gasteiger partial charge is 0.501 e. The van der Waals surface area contributed by atoms with Gasteiger partial charge < -0.3 is 4.74 Å². The van der Waals surface area contributed by atoms with Crippen LogP contribution in [0.2, 0.25) is 0 Å². The third-order valence-electron chi connectivity index (χ3n) is 0.633. The summed E-state index contributed by atoms with van der Waals surface area (Å²) in [5.74, 6) is 0. The van der Waals surface area contributed by atoms with Crippen molar-refractivity contribution in [2.24, 2.45) is 0 Å². The fraction of sp³-hybridized carbons (Fsp3) is 0.429. The molecule has 0 atom stereocenters. The molecule has 0 fully saturated rings. The summed E-state index contributed by atoms with van der Waals surface area (Å²) in [7, 11) is 0. The highest BCUT2D eigenvalue weighted by atomic mass is 16.5. The summed E-state index contributed by atoms with van der Waals surface area (Å²) in [4.78, 5) is 0. The summed E-state index contributed by atoms with van der Waals surface area (Å²) in [5.41, 5.74) is 0. The van der Waals surface area contributed by atoms with Gasteiger partial charge in [-0.15, -0.1) is 0 Å². The van der Waals surface area contributed by atoms with Gasteiger partial charge in [0, 0.05) is 0 Å². The van der Waals surface area contributed by atoms with Gasteiger partial charge in [-0.25, -0.2) is 0 Å². The molecule has 0 aromatic carbocycles. The average Bonchev–Trinajstić information content (AvgIpc) is 1.81. The molecule has 46 valence electrons. The van der Waals surface area contributed by atoms with Gasteiger partial charge in [0.1, 0.15) is 0 Å². The first-order valence-corrected chi connectivity index (χ1v) is 2.81. The first-order chi connectivity index (χ1) is 3.91. The minimum absolute atomic E-state index is 0.796. The fourth-order valence-corrected chi connectivity index (χ4v) is 0.297. The van der Waals surface area contributed by atoms with Crippen molar-refractivity contribution in [3.63, 3.8) is 0 Å². The van der Waals surface area contributed by atoms with Gasteiger partial charge in [-0.1, -0.05) is 19.6 Å². The Morgan fingerprint density at radius 2 is 2.38 bits per heavy atom. The van der Waals surface area contributed by atoms with Crippen LogP contribution in [-0.4, -0.2) is 6.61 Å². The lowest BCUT2D eigenvalue weighted by Gasteiger charge is -1.92. The number of rotatable bonds is 4. The summed E-state index contributed by atoms with van der Waals surface area (Å²) in [6.07, 6.45) is 6.17. The predicted octanol–water partition coefficient (Wildman–Crippen LogP) is 2.11. The molecule has 0 N–H and O–H groups in total. The maximum atomic E-state index is 4.97. The maximum Gasteiger partial charge on any atom is 0.0870 e. The third kappa shape index (κ3) is 5.28. The Labute approximate surface area is 50.7 Å². The van der Waals surface area contributed by atoms with Crippen molar-refractivity contribution in [1.82, 2.24) is 0 Å². The quantitative estimate of drug-likeness (QED) is 0.307. The molecule has 0 saturated carbocycles. The molecule has 0 aromatic rings. The van der Waals surface area contributed by atoms with Crippen LogP contribution in [0.3, 0.4) is 0 Å². The van der Waals surface area contributed by atoms with Gasteiger partial charge >= 0.3 is 0 Å². The number of hydrogen-bond donors (Lipinski definition) is 0. The van der Waals surface area contributed by atoms with E-state index in [1.165, 1.54) is 0 Å². The molecule has 0 bridgehead atoms.